The largest absolute Gasteiger partial charge is 0.352 e. The highest BCUT2D eigenvalue weighted by Gasteiger charge is 2.19. The van der Waals surface area contributed by atoms with E-state index in [9.17, 15) is 9.59 Å². The minimum absolute atomic E-state index is 0.0691. The fraction of sp³-hybridized carbons (Fsp3) is 0.259. The summed E-state index contributed by atoms with van der Waals surface area (Å²) in [6, 6.07) is 14.2. The zero-order valence-corrected chi connectivity index (χ0v) is 19.7. The second-order valence-electron chi connectivity index (χ2n) is 8.70. The lowest BCUT2D eigenvalue weighted by Gasteiger charge is -2.15. The third kappa shape index (κ3) is 4.52. The fourth-order valence-electron chi connectivity index (χ4n) is 4.54. The van der Waals surface area contributed by atoms with Crippen LogP contribution in [0.3, 0.4) is 0 Å². The number of carbonyl (C=O) groups excluding carboxylic acids is 1. The zero-order chi connectivity index (χ0) is 24.4. The Morgan fingerprint density at radius 2 is 1.91 bits per heavy atom. The summed E-state index contributed by atoms with van der Waals surface area (Å²) in [5.74, 6) is -0.0433. The van der Waals surface area contributed by atoms with Crippen LogP contribution >= 0.6 is 0 Å². The van der Waals surface area contributed by atoms with E-state index in [2.05, 4.69) is 27.8 Å². The number of hydrogen-bond donors (Lipinski definition) is 3. The van der Waals surface area contributed by atoms with Gasteiger partial charge in [0, 0.05) is 30.3 Å². The predicted molar refractivity (Wildman–Crippen MR) is 138 cm³/mol. The van der Waals surface area contributed by atoms with Crippen molar-refractivity contribution in [2.75, 3.05) is 18.4 Å². The molecular weight excluding hydrogens is 440 g/mol. The summed E-state index contributed by atoms with van der Waals surface area (Å²) >= 11 is 0. The molecule has 0 bridgehead atoms. The highest BCUT2D eigenvalue weighted by Crippen LogP contribution is 2.26. The van der Waals surface area contributed by atoms with Crippen LogP contribution < -0.4 is 21.8 Å². The van der Waals surface area contributed by atoms with E-state index >= 15 is 0 Å². The van der Waals surface area contributed by atoms with Crippen molar-refractivity contribution in [3.05, 3.63) is 87.3 Å². The van der Waals surface area contributed by atoms with Crippen molar-refractivity contribution in [3.8, 4) is 5.69 Å². The molecule has 178 valence electrons. The van der Waals surface area contributed by atoms with Crippen molar-refractivity contribution in [3.63, 3.8) is 0 Å². The molecule has 0 radical (unpaired) electrons. The molecule has 0 saturated carbocycles. The average molecular weight is 469 g/mol. The molecule has 1 amide bonds. The van der Waals surface area contributed by atoms with Gasteiger partial charge >= 0.3 is 0 Å². The van der Waals surface area contributed by atoms with Gasteiger partial charge in [-0.2, -0.15) is 4.98 Å². The summed E-state index contributed by atoms with van der Waals surface area (Å²) in [6.45, 7) is 2.85. The molecule has 2 aromatic heterocycles. The van der Waals surface area contributed by atoms with Gasteiger partial charge in [-0.15, -0.1) is 0 Å². The van der Waals surface area contributed by atoms with Crippen LogP contribution in [0.1, 0.15) is 40.4 Å². The Balaban J connectivity index is 1.62. The first-order valence-electron chi connectivity index (χ1n) is 12.0. The Hall–Kier alpha value is -4.04. The highest BCUT2D eigenvalue weighted by molar-refractivity contribution is 5.97. The van der Waals surface area contributed by atoms with E-state index in [1.54, 1.807) is 6.20 Å². The van der Waals surface area contributed by atoms with Crippen molar-refractivity contribution in [1.82, 2.24) is 19.9 Å². The van der Waals surface area contributed by atoms with E-state index in [0.29, 0.717) is 24.7 Å². The molecule has 0 fully saturated rings. The molecule has 0 saturated heterocycles. The maximum absolute atomic E-state index is 13.2. The number of rotatable bonds is 7. The Morgan fingerprint density at radius 1 is 1.11 bits per heavy atom. The van der Waals surface area contributed by atoms with Gasteiger partial charge in [0.05, 0.1) is 5.39 Å². The summed E-state index contributed by atoms with van der Waals surface area (Å²) in [5, 5.41) is 6.24. The number of nitrogens with one attached hydrogen (secondary N) is 2. The summed E-state index contributed by atoms with van der Waals surface area (Å²) in [6.07, 6.45) is 7.12. The quantitative estimate of drug-likeness (QED) is 0.384. The lowest BCUT2D eigenvalue weighted by molar-refractivity contribution is 0.0954. The van der Waals surface area contributed by atoms with Crippen LogP contribution in [0.25, 0.3) is 16.7 Å². The molecule has 1 aliphatic carbocycles. The van der Waals surface area contributed by atoms with Gasteiger partial charge in [-0.3, -0.25) is 9.59 Å². The number of nitrogens with zero attached hydrogens (tertiary/aromatic N) is 3. The van der Waals surface area contributed by atoms with E-state index < -0.39 is 5.91 Å². The lowest BCUT2D eigenvalue weighted by atomic mass is 10.1. The number of aromatic nitrogens is 3. The van der Waals surface area contributed by atoms with Crippen LogP contribution in [0.5, 0.6) is 0 Å². The summed E-state index contributed by atoms with van der Waals surface area (Å²) in [5.41, 5.74) is 11.2. The average Bonchev–Trinajstić information content (AvgIpc) is 3.34. The molecule has 2 aromatic carbocycles. The molecule has 8 nitrogen and oxygen atoms in total. The molecule has 5 rings (SSSR count). The standard InChI is InChI=1S/C27H28N6O2/c1-2-29-26(35)23-16-33(21-11-8-18-4-3-5-19(18)14-21)25-22(24(23)34)15-30-27(32-25)31-20-9-6-17(7-10-20)12-13-28/h6-11,14-16H,2-5,12-13,28H2,1H3,(H,29,35)(H,30,31,32). The van der Waals surface area contributed by atoms with E-state index in [0.717, 1.165) is 42.6 Å². The molecule has 4 aromatic rings. The summed E-state index contributed by atoms with van der Waals surface area (Å²) in [7, 11) is 0. The fourth-order valence-corrected chi connectivity index (χ4v) is 4.54. The van der Waals surface area contributed by atoms with Gasteiger partial charge in [0.25, 0.3) is 5.91 Å². The lowest BCUT2D eigenvalue weighted by Crippen LogP contribution is -2.29. The number of benzene rings is 2. The maximum Gasteiger partial charge on any atom is 0.256 e. The molecular formula is C27H28N6O2. The first-order chi connectivity index (χ1) is 17.1. The van der Waals surface area contributed by atoms with Crippen LogP contribution in [-0.4, -0.2) is 33.5 Å². The third-order valence-corrected chi connectivity index (χ3v) is 6.33. The smallest absolute Gasteiger partial charge is 0.256 e. The van der Waals surface area contributed by atoms with E-state index in [4.69, 9.17) is 10.7 Å². The van der Waals surface area contributed by atoms with Crippen molar-refractivity contribution in [2.24, 2.45) is 5.73 Å². The Morgan fingerprint density at radius 3 is 2.69 bits per heavy atom. The maximum atomic E-state index is 13.2. The normalized spacial score (nSPS) is 12.5. The van der Waals surface area contributed by atoms with Crippen LogP contribution in [0.15, 0.2) is 59.7 Å². The van der Waals surface area contributed by atoms with Gasteiger partial charge in [0.15, 0.2) is 5.65 Å². The van der Waals surface area contributed by atoms with Crippen molar-refractivity contribution in [1.29, 1.82) is 0 Å². The van der Waals surface area contributed by atoms with Gasteiger partial charge in [0.1, 0.15) is 5.56 Å². The van der Waals surface area contributed by atoms with E-state index in [1.165, 1.54) is 17.3 Å². The van der Waals surface area contributed by atoms with Gasteiger partial charge in [0.2, 0.25) is 11.4 Å². The third-order valence-electron chi connectivity index (χ3n) is 6.33. The van der Waals surface area contributed by atoms with Crippen molar-refractivity contribution in [2.45, 2.75) is 32.6 Å². The molecule has 2 heterocycles. The monoisotopic (exact) mass is 468 g/mol. The Kier molecular flexibility index (Phi) is 6.29. The number of carbonyl (C=O) groups is 1. The Labute approximate surface area is 203 Å². The number of fused-ring (bicyclic) bond motifs is 2. The molecule has 8 heteroatoms. The molecule has 0 unspecified atom stereocenters. The summed E-state index contributed by atoms with van der Waals surface area (Å²) in [4.78, 5) is 34.9. The van der Waals surface area contributed by atoms with Crippen LogP contribution in [0.4, 0.5) is 11.6 Å². The molecule has 35 heavy (non-hydrogen) atoms. The second-order valence-corrected chi connectivity index (χ2v) is 8.70. The number of anilines is 2. The minimum atomic E-state index is -0.408. The van der Waals surface area contributed by atoms with E-state index in [1.807, 2.05) is 41.8 Å². The number of hydrogen-bond acceptors (Lipinski definition) is 6. The molecule has 0 spiro atoms. The second kappa shape index (κ2) is 9.68. The first kappa shape index (κ1) is 22.7. The Bertz CT molecular complexity index is 1460. The molecule has 1 aliphatic rings. The highest BCUT2D eigenvalue weighted by atomic mass is 16.2. The van der Waals surface area contributed by atoms with Crippen molar-refractivity contribution >= 4 is 28.6 Å². The number of aryl methyl sites for hydroxylation is 2. The van der Waals surface area contributed by atoms with Gasteiger partial charge < -0.3 is 20.9 Å². The SMILES string of the molecule is CCNC(=O)c1cn(-c2ccc3c(c2)CCC3)c2nc(Nc3ccc(CCN)cc3)ncc2c1=O. The van der Waals surface area contributed by atoms with Gasteiger partial charge in [-0.05, 0) is 80.1 Å². The summed E-state index contributed by atoms with van der Waals surface area (Å²) < 4.78 is 1.82. The molecule has 4 N–H and O–H groups in total. The van der Waals surface area contributed by atoms with Crippen LogP contribution in [0, 0.1) is 0 Å². The van der Waals surface area contributed by atoms with Gasteiger partial charge in [-0.1, -0.05) is 18.2 Å². The minimum Gasteiger partial charge on any atom is -0.352 e. The van der Waals surface area contributed by atoms with Crippen LogP contribution in [-0.2, 0) is 19.3 Å². The number of pyridine rings is 1. The topological polar surface area (TPSA) is 115 Å². The van der Waals surface area contributed by atoms with Crippen LogP contribution in [0.2, 0.25) is 0 Å². The number of nitrogens with two attached hydrogens (primary N) is 1. The van der Waals surface area contributed by atoms with E-state index in [-0.39, 0.29) is 16.4 Å². The van der Waals surface area contributed by atoms with Crippen molar-refractivity contribution < 1.29 is 4.79 Å². The zero-order valence-electron chi connectivity index (χ0n) is 19.7. The molecule has 0 aliphatic heterocycles. The van der Waals surface area contributed by atoms with Gasteiger partial charge in [-0.25, -0.2) is 4.98 Å². The first-order valence-corrected chi connectivity index (χ1v) is 12.0. The predicted octanol–water partition coefficient (Wildman–Crippen LogP) is 3.26. The number of amides is 1. The molecule has 0 atom stereocenters.